The van der Waals surface area contributed by atoms with Crippen LogP contribution in [0.3, 0.4) is 0 Å². The predicted octanol–water partition coefficient (Wildman–Crippen LogP) is 3.45. The molecule has 1 aromatic heterocycles. The summed E-state index contributed by atoms with van der Waals surface area (Å²) in [6.07, 6.45) is 0.851. The van der Waals surface area contributed by atoms with Gasteiger partial charge in [0.05, 0.1) is 4.90 Å². The molecule has 1 amide bonds. The minimum Gasteiger partial charge on any atom is -0.334 e. The Balaban J connectivity index is 1.26. The summed E-state index contributed by atoms with van der Waals surface area (Å²) < 4.78 is 28.2. The fourth-order valence-corrected chi connectivity index (χ4v) is 6.87. The minimum absolute atomic E-state index is 0.114. The number of sulfonamides is 1. The molecule has 3 aromatic rings. The molecule has 0 saturated carbocycles. The Morgan fingerprint density at radius 1 is 0.909 bits per heavy atom. The van der Waals surface area contributed by atoms with Crippen LogP contribution in [0.4, 0.5) is 0 Å². The third-order valence-electron chi connectivity index (χ3n) is 6.39. The Morgan fingerprint density at radius 2 is 1.70 bits per heavy atom. The molecule has 0 spiro atoms. The maximum atomic E-state index is 13.3. The zero-order chi connectivity index (χ0) is 22.8. The highest BCUT2D eigenvalue weighted by Crippen LogP contribution is 2.26. The molecule has 1 saturated heterocycles. The van der Waals surface area contributed by atoms with Crippen LogP contribution in [-0.2, 0) is 29.5 Å². The van der Waals surface area contributed by atoms with Crippen molar-refractivity contribution in [2.45, 2.75) is 24.4 Å². The van der Waals surface area contributed by atoms with Gasteiger partial charge in [0.25, 0.3) is 5.91 Å². The molecule has 33 heavy (non-hydrogen) atoms. The molecule has 172 valence electrons. The van der Waals surface area contributed by atoms with Crippen molar-refractivity contribution in [1.29, 1.82) is 0 Å². The van der Waals surface area contributed by atoms with Gasteiger partial charge in [-0.1, -0.05) is 36.4 Å². The van der Waals surface area contributed by atoms with Crippen LogP contribution in [0.1, 0.15) is 26.4 Å². The van der Waals surface area contributed by atoms with Gasteiger partial charge in [-0.2, -0.15) is 4.31 Å². The van der Waals surface area contributed by atoms with E-state index in [0.29, 0.717) is 44.8 Å². The second-order valence-corrected chi connectivity index (χ2v) is 11.5. The first-order chi connectivity index (χ1) is 16.0. The molecule has 1 fully saturated rings. The van der Waals surface area contributed by atoms with E-state index in [0.717, 1.165) is 13.0 Å². The number of hydrogen-bond acceptors (Lipinski definition) is 5. The van der Waals surface area contributed by atoms with E-state index < -0.39 is 10.0 Å². The summed E-state index contributed by atoms with van der Waals surface area (Å²) in [5, 5.41) is 2.06. The summed E-state index contributed by atoms with van der Waals surface area (Å²) in [6, 6.07) is 18.8. The third-order valence-corrected chi connectivity index (χ3v) is 9.31. The number of nitrogens with zero attached hydrogens (tertiary/aromatic N) is 3. The summed E-state index contributed by atoms with van der Waals surface area (Å²) in [6.45, 7) is 4.32. The van der Waals surface area contributed by atoms with Gasteiger partial charge in [0.15, 0.2) is 0 Å². The normalized spacial score (nSPS) is 17.6. The summed E-state index contributed by atoms with van der Waals surface area (Å²) in [5.41, 5.74) is 2.85. The van der Waals surface area contributed by atoms with Crippen molar-refractivity contribution in [1.82, 2.24) is 14.1 Å². The Kier molecular flexibility index (Phi) is 6.34. The number of fused-ring (bicyclic) bond motifs is 1. The standard InChI is InChI=1S/C25H27N3O3S2/c29-25(27-11-9-24-22(19-27)10-16-32-24)21-7-4-8-23(17-21)33(30,31)28-14-12-26(13-15-28)18-20-5-2-1-3-6-20/h1-8,10,16-17H,9,11-15,18-19H2. The van der Waals surface area contributed by atoms with E-state index in [1.54, 1.807) is 29.5 Å². The fraction of sp³-hybridized carbons (Fsp3) is 0.320. The zero-order valence-electron chi connectivity index (χ0n) is 18.4. The topological polar surface area (TPSA) is 60.9 Å². The van der Waals surface area contributed by atoms with E-state index >= 15 is 0 Å². The van der Waals surface area contributed by atoms with Gasteiger partial charge in [0.2, 0.25) is 10.0 Å². The number of benzene rings is 2. The summed E-state index contributed by atoms with van der Waals surface area (Å²) in [4.78, 5) is 18.7. The van der Waals surface area contributed by atoms with Crippen LogP contribution in [0.5, 0.6) is 0 Å². The van der Waals surface area contributed by atoms with E-state index in [1.807, 2.05) is 23.1 Å². The summed E-state index contributed by atoms with van der Waals surface area (Å²) in [7, 11) is -3.65. The highest BCUT2D eigenvalue weighted by atomic mass is 32.2. The lowest BCUT2D eigenvalue weighted by Crippen LogP contribution is -2.48. The monoisotopic (exact) mass is 481 g/mol. The lowest BCUT2D eigenvalue weighted by Gasteiger charge is -2.34. The molecule has 0 aliphatic carbocycles. The quantitative estimate of drug-likeness (QED) is 0.560. The van der Waals surface area contributed by atoms with E-state index in [2.05, 4.69) is 28.5 Å². The predicted molar refractivity (Wildman–Crippen MR) is 130 cm³/mol. The average molecular weight is 482 g/mol. The lowest BCUT2D eigenvalue weighted by molar-refractivity contribution is 0.0735. The number of carbonyl (C=O) groups is 1. The van der Waals surface area contributed by atoms with Crippen molar-refractivity contribution in [3.63, 3.8) is 0 Å². The minimum atomic E-state index is -3.65. The Labute approximate surface area is 199 Å². The number of rotatable bonds is 5. The Hall–Kier alpha value is -2.52. The molecule has 0 atom stereocenters. The number of carbonyl (C=O) groups excluding carboxylic acids is 1. The second kappa shape index (κ2) is 9.38. The molecule has 2 aliphatic heterocycles. The Morgan fingerprint density at radius 3 is 2.48 bits per heavy atom. The number of hydrogen-bond donors (Lipinski definition) is 0. The molecular formula is C25H27N3O3S2. The van der Waals surface area contributed by atoms with Crippen molar-refractivity contribution < 1.29 is 13.2 Å². The van der Waals surface area contributed by atoms with Crippen LogP contribution in [0.25, 0.3) is 0 Å². The van der Waals surface area contributed by atoms with Crippen molar-refractivity contribution >= 4 is 27.3 Å². The molecule has 2 aromatic carbocycles. The van der Waals surface area contributed by atoms with Crippen molar-refractivity contribution in [3.8, 4) is 0 Å². The van der Waals surface area contributed by atoms with Crippen LogP contribution in [0, 0.1) is 0 Å². The molecule has 0 unspecified atom stereocenters. The first-order valence-electron chi connectivity index (χ1n) is 11.2. The molecule has 6 nitrogen and oxygen atoms in total. The summed E-state index contributed by atoms with van der Waals surface area (Å²) >= 11 is 1.73. The van der Waals surface area contributed by atoms with Crippen LogP contribution in [0.15, 0.2) is 70.9 Å². The molecule has 0 N–H and O–H groups in total. The fourth-order valence-electron chi connectivity index (χ4n) is 4.51. The molecule has 0 radical (unpaired) electrons. The highest BCUT2D eigenvalue weighted by molar-refractivity contribution is 7.89. The molecule has 0 bridgehead atoms. The van der Waals surface area contributed by atoms with E-state index in [1.165, 1.54) is 26.4 Å². The molecular weight excluding hydrogens is 454 g/mol. The van der Waals surface area contributed by atoms with Gasteiger partial charge < -0.3 is 4.90 Å². The Bertz CT molecular complexity index is 1230. The molecule has 2 aliphatic rings. The number of thiophene rings is 1. The zero-order valence-corrected chi connectivity index (χ0v) is 20.0. The molecule has 3 heterocycles. The second-order valence-electron chi connectivity index (χ2n) is 8.54. The van der Waals surface area contributed by atoms with Crippen LogP contribution < -0.4 is 0 Å². The molecule has 5 rings (SSSR count). The maximum absolute atomic E-state index is 13.3. The first kappa shape index (κ1) is 22.3. The molecule has 8 heteroatoms. The first-order valence-corrected chi connectivity index (χ1v) is 13.5. The van der Waals surface area contributed by atoms with E-state index in [-0.39, 0.29) is 10.8 Å². The van der Waals surface area contributed by atoms with Gasteiger partial charge in [-0.15, -0.1) is 11.3 Å². The smallest absolute Gasteiger partial charge is 0.254 e. The third kappa shape index (κ3) is 4.75. The van der Waals surface area contributed by atoms with Gasteiger partial charge in [-0.05, 0) is 47.2 Å². The van der Waals surface area contributed by atoms with Gasteiger partial charge in [-0.25, -0.2) is 8.42 Å². The van der Waals surface area contributed by atoms with Crippen LogP contribution >= 0.6 is 11.3 Å². The van der Waals surface area contributed by atoms with Crippen molar-refractivity contribution in [2.75, 3.05) is 32.7 Å². The highest BCUT2D eigenvalue weighted by Gasteiger charge is 2.30. The SMILES string of the molecule is O=C(c1cccc(S(=O)(=O)N2CCN(Cc3ccccc3)CC2)c1)N1CCc2sccc2C1. The van der Waals surface area contributed by atoms with Crippen molar-refractivity contribution in [2.24, 2.45) is 0 Å². The lowest BCUT2D eigenvalue weighted by atomic mass is 10.1. The van der Waals surface area contributed by atoms with Gasteiger partial charge in [-0.3, -0.25) is 9.69 Å². The number of piperazine rings is 1. The van der Waals surface area contributed by atoms with Crippen LogP contribution in [-0.4, -0.2) is 61.2 Å². The average Bonchev–Trinajstić information content (AvgIpc) is 3.33. The number of amides is 1. The largest absolute Gasteiger partial charge is 0.334 e. The van der Waals surface area contributed by atoms with Gasteiger partial charge in [0.1, 0.15) is 0 Å². The van der Waals surface area contributed by atoms with E-state index in [9.17, 15) is 13.2 Å². The van der Waals surface area contributed by atoms with Gasteiger partial charge >= 0.3 is 0 Å². The van der Waals surface area contributed by atoms with Crippen LogP contribution in [0.2, 0.25) is 0 Å². The summed E-state index contributed by atoms with van der Waals surface area (Å²) in [5.74, 6) is -0.114. The van der Waals surface area contributed by atoms with Crippen molar-refractivity contribution in [3.05, 3.63) is 87.6 Å². The maximum Gasteiger partial charge on any atom is 0.254 e. The van der Waals surface area contributed by atoms with E-state index in [4.69, 9.17) is 0 Å². The van der Waals surface area contributed by atoms with Gasteiger partial charge in [0, 0.05) is 56.3 Å².